The standard InChI is InChI=1S/C30H39ClN2O3/c1-2-3-4-5-10-20-36-29(34)21-23-12-11-19-33(28-14-7-6-13-25(23)28)30(35)26-16-15-24(22-27(26)31)32-17-8-9-18-32/h6-7,13-16,22-23H,2-5,8-12,17-21H2,1H3/t23-/m0/s1. The number of ether oxygens (including phenoxy) is 1. The van der Waals surface area contributed by atoms with Crippen molar-refractivity contribution in [1.82, 2.24) is 0 Å². The monoisotopic (exact) mass is 510 g/mol. The first-order chi connectivity index (χ1) is 17.6. The van der Waals surface area contributed by atoms with Crippen LogP contribution in [0.15, 0.2) is 42.5 Å². The Morgan fingerprint density at radius 2 is 1.75 bits per heavy atom. The molecule has 2 aromatic carbocycles. The van der Waals surface area contributed by atoms with E-state index in [9.17, 15) is 9.59 Å². The number of fused-ring (bicyclic) bond motifs is 1. The number of halogens is 1. The van der Waals surface area contributed by atoms with Crippen LogP contribution in [0, 0.1) is 0 Å². The Balaban J connectivity index is 1.44. The lowest BCUT2D eigenvalue weighted by molar-refractivity contribution is -0.144. The summed E-state index contributed by atoms with van der Waals surface area (Å²) in [6, 6.07) is 13.8. The molecular weight excluding hydrogens is 472 g/mol. The molecule has 0 bridgehead atoms. The summed E-state index contributed by atoms with van der Waals surface area (Å²) in [6.45, 7) is 5.35. The third-order valence-corrected chi connectivity index (χ3v) is 7.74. The van der Waals surface area contributed by atoms with E-state index in [4.69, 9.17) is 16.3 Å². The van der Waals surface area contributed by atoms with Crippen LogP contribution < -0.4 is 9.80 Å². The normalized spacial score (nSPS) is 17.6. The molecule has 0 unspecified atom stereocenters. The van der Waals surface area contributed by atoms with Gasteiger partial charge >= 0.3 is 5.97 Å². The van der Waals surface area contributed by atoms with Crippen LogP contribution >= 0.6 is 11.6 Å². The van der Waals surface area contributed by atoms with Gasteiger partial charge in [-0.1, -0.05) is 62.4 Å². The SMILES string of the molecule is CCCCCCCOC(=O)C[C@@H]1CCCN(C(=O)c2ccc(N3CCCC3)cc2Cl)c2ccccc21. The van der Waals surface area contributed by atoms with Gasteiger partial charge in [0.05, 0.1) is 23.6 Å². The lowest BCUT2D eigenvalue weighted by Gasteiger charge is -2.25. The van der Waals surface area contributed by atoms with Crippen molar-refractivity contribution in [3.05, 3.63) is 58.6 Å². The Bertz CT molecular complexity index is 1030. The van der Waals surface area contributed by atoms with Gasteiger partial charge < -0.3 is 14.5 Å². The number of benzene rings is 2. The molecule has 1 atom stereocenters. The Labute approximate surface area is 220 Å². The molecule has 0 N–H and O–H groups in total. The van der Waals surface area contributed by atoms with Crippen molar-refractivity contribution in [1.29, 1.82) is 0 Å². The minimum Gasteiger partial charge on any atom is -0.466 e. The third-order valence-electron chi connectivity index (χ3n) is 7.43. The lowest BCUT2D eigenvalue weighted by atomic mass is 9.91. The van der Waals surface area contributed by atoms with E-state index in [1.807, 2.05) is 47.4 Å². The number of anilines is 2. The highest BCUT2D eigenvalue weighted by molar-refractivity contribution is 6.34. The van der Waals surface area contributed by atoms with Gasteiger partial charge in [0.15, 0.2) is 0 Å². The summed E-state index contributed by atoms with van der Waals surface area (Å²) in [5.74, 6) is -0.194. The summed E-state index contributed by atoms with van der Waals surface area (Å²) in [6.07, 6.45) is 10.0. The number of carbonyl (C=O) groups excluding carboxylic acids is 2. The second kappa shape index (κ2) is 13.1. The number of nitrogens with zero attached hydrogens (tertiary/aromatic N) is 2. The zero-order chi connectivity index (χ0) is 25.3. The summed E-state index contributed by atoms with van der Waals surface area (Å²) >= 11 is 6.64. The lowest BCUT2D eigenvalue weighted by Crippen LogP contribution is -2.32. The van der Waals surface area contributed by atoms with Crippen LogP contribution in [-0.4, -0.2) is 38.1 Å². The topological polar surface area (TPSA) is 49.9 Å². The van der Waals surface area contributed by atoms with E-state index < -0.39 is 0 Å². The highest BCUT2D eigenvalue weighted by atomic mass is 35.5. The quantitative estimate of drug-likeness (QED) is 0.247. The van der Waals surface area contributed by atoms with E-state index in [0.29, 0.717) is 30.2 Å². The van der Waals surface area contributed by atoms with Crippen LogP contribution in [0.25, 0.3) is 0 Å². The molecular formula is C30H39ClN2O3. The molecule has 194 valence electrons. The van der Waals surface area contributed by atoms with Crippen molar-refractivity contribution >= 4 is 34.9 Å². The van der Waals surface area contributed by atoms with Crippen molar-refractivity contribution in [3.63, 3.8) is 0 Å². The Morgan fingerprint density at radius 3 is 2.53 bits per heavy atom. The molecule has 1 fully saturated rings. The van der Waals surface area contributed by atoms with Crippen molar-refractivity contribution < 1.29 is 14.3 Å². The van der Waals surface area contributed by atoms with Crippen LogP contribution in [0.3, 0.4) is 0 Å². The predicted molar refractivity (Wildman–Crippen MR) is 147 cm³/mol. The highest BCUT2D eigenvalue weighted by Crippen LogP contribution is 2.38. The summed E-state index contributed by atoms with van der Waals surface area (Å²) < 4.78 is 5.55. The Morgan fingerprint density at radius 1 is 0.972 bits per heavy atom. The first kappa shape index (κ1) is 26.5. The second-order valence-electron chi connectivity index (χ2n) is 10.1. The summed E-state index contributed by atoms with van der Waals surface area (Å²) in [7, 11) is 0. The van der Waals surface area contributed by atoms with Gasteiger partial charge in [-0.2, -0.15) is 0 Å². The van der Waals surface area contributed by atoms with Gasteiger partial charge in [-0.25, -0.2) is 0 Å². The predicted octanol–water partition coefficient (Wildman–Crippen LogP) is 7.37. The van der Waals surface area contributed by atoms with Gasteiger partial charge in [0.25, 0.3) is 5.91 Å². The third kappa shape index (κ3) is 6.61. The van der Waals surface area contributed by atoms with Crippen LogP contribution in [-0.2, 0) is 9.53 Å². The maximum absolute atomic E-state index is 13.7. The average molecular weight is 511 g/mol. The fourth-order valence-electron chi connectivity index (χ4n) is 5.42. The molecule has 0 radical (unpaired) electrons. The van der Waals surface area contributed by atoms with E-state index in [-0.39, 0.29) is 17.8 Å². The van der Waals surface area contributed by atoms with E-state index in [1.54, 1.807) is 0 Å². The fourth-order valence-corrected chi connectivity index (χ4v) is 5.68. The smallest absolute Gasteiger partial charge is 0.306 e. The van der Waals surface area contributed by atoms with Gasteiger partial charge in [-0.05, 0) is 67.9 Å². The molecule has 2 heterocycles. The van der Waals surface area contributed by atoms with Gasteiger partial charge in [-0.15, -0.1) is 0 Å². The molecule has 36 heavy (non-hydrogen) atoms. The fraction of sp³-hybridized carbons (Fsp3) is 0.533. The number of hydrogen-bond acceptors (Lipinski definition) is 4. The first-order valence-electron chi connectivity index (χ1n) is 13.7. The van der Waals surface area contributed by atoms with Crippen LogP contribution in [0.1, 0.15) is 93.0 Å². The molecule has 5 nitrogen and oxygen atoms in total. The highest BCUT2D eigenvalue weighted by Gasteiger charge is 2.29. The van der Waals surface area contributed by atoms with Gasteiger partial charge in [0, 0.05) is 31.0 Å². The number of hydrogen-bond donors (Lipinski definition) is 0. The molecule has 6 heteroatoms. The maximum Gasteiger partial charge on any atom is 0.306 e. The second-order valence-corrected chi connectivity index (χ2v) is 10.5. The number of carbonyl (C=O) groups is 2. The summed E-state index contributed by atoms with van der Waals surface area (Å²) in [4.78, 5) is 30.5. The largest absolute Gasteiger partial charge is 0.466 e. The van der Waals surface area contributed by atoms with Crippen LogP contribution in [0.5, 0.6) is 0 Å². The zero-order valence-electron chi connectivity index (χ0n) is 21.5. The molecule has 0 saturated carbocycles. The number of unbranched alkanes of at least 4 members (excludes halogenated alkanes) is 4. The van der Waals surface area contributed by atoms with Crippen molar-refractivity contribution in [3.8, 4) is 0 Å². The molecule has 1 amide bonds. The summed E-state index contributed by atoms with van der Waals surface area (Å²) in [5.41, 5.74) is 3.51. The van der Waals surface area contributed by atoms with Gasteiger partial charge in [-0.3, -0.25) is 9.59 Å². The molecule has 2 aliphatic heterocycles. The number of rotatable bonds is 10. The Kier molecular flexibility index (Phi) is 9.68. The minimum atomic E-state index is -0.148. The molecule has 4 rings (SSSR count). The molecule has 0 aromatic heterocycles. The molecule has 2 aliphatic rings. The van der Waals surface area contributed by atoms with Gasteiger partial charge in [0.2, 0.25) is 0 Å². The molecule has 2 aromatic rings. The van der Waals surface area contributed by atoms with Crippen molar-refractivity contribution in [2.24, 2.45) is 0 Å². The summed E-state index contributed by atoms with van der Waals surface area (Å²) in [5, 5.41) is 0.491. The molecule has 1 saturated heterocycles. The molecule has 0 spiro atoms. The van der Waals surface area contributed by atoms with Crippen LogP contribution in [0.4, 0.5) is 11.4 Å². The van der Waals surface area contributed by atoms with E-state index in [2.05, 4.69) is 11.8 Å². The van der Waals surface area contributed by atoms with E-state index in [0.717, 1.165) is 55.7 Å². The first-order valence-corrected chi connectivity index (χ1v) is 14.1. The van der Waals surface area contributed by atoms with Gasteiger partial charge in [0.1, 0.15) is 0 Å². The zero-order valence-corrected chi connectivity index (χ0v) is 22.3. The van der Waals surface area contributed by atoms with E-state index in [1.165, 1.54) is 32.1 Å². The van der Waals surface area contributed by atoms with Crippen LogP contribution in [0.2, 0.25) is 5.02 Å². The maximum atomic E-state index is 13.7. The average Bonchev–Trinajstić information content (AvgIpc) is 3.37. The van der Waals surface area contributed by atoms with Crippen molar-refractivity contribution in [2.75, 3.05) is 36.0 Å². The number of esters is 1. The minimum absolute atomic E-state index is 0.0413. The van der Waals surface area contributed by atoms with E-state index >= 15 is 0 Å². The number of amides is 1. The Hall–Kier alpha value is -2.53. The molecule has 0 aliphatic carbocycles. The van der Waals surface area contributed by atoms with Crippen molar-refractivity contribution in [2.45, 2.75) is 77.0 Å². The number of para-hydroxylation sites is 1.